The van der Waals surface area contributed by atoms with Crippen molar-refractivity contribution in [1.82, 2.24) is 0 Å². The van der Waals surface area contributed by atoms with Crippen LogP contribution in [0.3, 0.4) is 0 Å². The lowest BCUT2D eigenvalue weighted by Gasteiger charge is -2.21. The smallest absolute Gasteiger partial charge is 0.387 e. The van der Waals surface area contributed by atoms with Crippen molar-refractivity contribution in [3.8, 4) is 5.75 Å². The zero-order chi connectivity index (χ0) is 14.6. The van der Waals surface area contributed by atoms with E-state index < -0.39 is 12.2 Å². The number of anilines is 1. The van der Waals surface area contributed by atoms with Gasteiger partial charge < -0.3 is 15.8 Å². The molecule has 1 aromatic rings. The van der Waals surface area contributed by atoms with Crippen LogP contribution in [0.1, 0.15) is 20.3 Å². The van der Waals surface area contributed by atoms with Crippen molar-refractivity contribution >= 4 is 23.2 Å². The monoisotopic (exact) mass is 292 g/mol. The summed E-state index contributed by atoms with van der Waals surface area (Å²) in [5, 5.41) is 2.54. The summed E-state index contributed by atoms with van der Waals surface area (Å²) in [5.74, 6) is -0.533. The number of ether oxygens (including phenoxy) is 1. The molecule has 106 valence electrons. The van der Waals surface area contributed by atoms with Crippen molar-refractivity contribution in [3.05, 3.63) is 23.2 Å². The van der Waals surface area contributed by atoms with E-state index in [1.165, 1.54) is 18.2 Å². The number of nitrogens with two attached hydrogens (primary N) is 1. The number of carbonyl (C=O) groups is 1. The third-order valence-corrected chi connectivity index (χ3v) is 2.95. The van der Waals surface area contributed by atoms with Gasteiger partial charge in [-0.15, -0.1) is 0 Å². The molecular formula is C12H15ClF2N2O2. The zero-order valence-corrected chi connectivity index (χ0v) is 11.3. The Hall–Kier alpha value is -1.40. The van der Waals surface area contributed by atoms with Crippen molar-refractivity contribution in [2.75, 3.05) is 5.32 Å². The highest BCUT2D eigenvalue weighted by Gasteiger charge is 2.26. The maximum absolute atomic E-state index is 12.0. The van der Waals surface area contributed by atoms with Gasteiger partial charge in [0.15, 0.2) is 0 Å². The number of halogens is 3. The zero-order valence-electron chi connectivity index (χ0n) is 10.5. The van der Waals surface area contributed by atoms with Crippen LogP contribution in [0.5, 0.6) is 5.75 Å². The predicted molar refractivity (Wildman–Crippen MR) is 69.6 cm³/mol. The van der Waals surface area contributed by atoms with Crippen LogP contribution in [-0.4, -0.2) is 18.1 Å². The lowest BCUT2D eigenvalue weighted by molar-refractivity contribution is -0.120. The van der Waals surface area contributed by atoms with E-state index in [1.807, 2.05) is 0 Å². The maximum Gasteiger partial charge on any atom is 0.387 e. The maximum atomic E-state index is 12.0. The fourth-order valence-corrected chi connectivity index (χ4v) is 1.43. The number of benzene rings is 1. The molecule has 1 amide bonds. The predicted octanol–water partition coefficient (Wildman–Crippen LogP) is 3.01. The summed E-state index contributed by atoms with van der Waals surface area (Å²) in [4.78, 5) is 11.8. The fraction of sp³-hybridized carbons (Fsp3) is 0.417. The highest BCUT2D eigenvalue weighted by Crippen LogP contribution is 2.29. The number of carbonyl (C=O) groups excluding carboxylic acids is 1. The molecule has 1 unspecified atom stereocenters. The van der Waals surface area contributed by atoms with E-state index in [4.69, 9.17) is 17.3 Å². The topological polar surface area (TPSA) is 64.4 Å². The first-order valence-corrected chi connectivity index (χ1v) is 5.98. The van der Waals surface area contributed by atoms with E-state index in [2.05, 4.69) is 10.1 Å². The van der Waals surface area contributed by atoms with E-state index in [-0.39, 0.29) is 16.7 Å². The van der Waals surface area contributed by atoms with Crippen molar-refractivity contribution < 1.29 is 18.3 Å². The van der Waals surface area contributed by atoms with E-state index >= 15 is 0 Å². The Labute approximate surface area is 114 Å². The van der Waals surface area contributed by atoms with Gasteiger partial charge in [-0.2, -0.15) is 8.78 Å². The summed E-state index contributed by atoms with van der Waals surface area (Å²) in [5.41, 5.74) is 5.13. The Kier molecular flexibility index (Phi) is 5.08. The molecular weight excluding hydrogens is 278 g/mol. The van der Waals surface area contributed by atoms with Gasteiger partial charge in [-0.3, -0.25) is 4.79 Å². The number of nitrogens with one attached hydrogen (secondary N) is 1. The van der Waals surface area contributed by atoms with Gasteiger partial charge in [-0.05, 0) is 31.5 Å². The summed E-state index contributed by atoms with van der Waals surface area (Å²) in [6, 6.07) is 3.99. The van der Waals surface area contributed by atoms with Crippen LogP contribution in [-0.2, 0) is 4.79 Å². The van der Waals surface area contributed by atoms with E-state index in [9.17, 15) is 13.6 Å². The second-order valence-electron chi connectivity index (χ2n) is 4.25. The van der Waals surface area contributed by atoms with Gasteiger partial charge >= 0.3 is 6.61 Å². The Morgan fingerprint density at radius 2 is 2.21 bits per heavy atom. The third-order valence-electron chi connectivity index (χ3n) is 2.66. The lowest BCUT2D eigenvalue weighted by atomic mass is 9.99. The molecule has 0 spiro atoms. The molecule has 0 aliphatic carbocycles. The second-order valence-corrected chi connectivity index (χ2v) is 4.66. The van der Waals surface area contributed by atoms with Crippen LogP contribution in [0.2, 0.25) is 5.02 Å². The van der Waals surface area contributed by atoms with Crippen LogP contribution in [0.25, 0.3) is 0 Å². The molecule has 0 aromatic heterocycles. The third kappa shape index (κ3) is 4.33. The largest absolute Gasteiger partial charge is 0.433 e. The quantitative estimate of drug-likeness (QED) is 0.877. The normalized spacial score (nSPS) is 14.1. The van der Waals surface area contributed by atoms with Crippen molar-refractivity contribution in [2.45, 2.75) is 32.4 Å². The Bertz CT molecular complexity index is 467. The molecule has 1 aromatic carbocycles. The van der Waals surface area contributed by atoms with Crippen LogP contribution >= 0.6 is 11.6 Å². The minimum absolute atomic E-state index is 0.0201. The molecule has 4 nitrogen and oxygen atoms in total. The highest BCUT2D eigenvalue weighted by atomic mass is 35.5. The van der Waals surface area contributed by atoms with Crippen molar-refractivity contribution in [2.24, 2.45) is 5.73 Å². The van der Waals surface area contributed by atoms with Gasteiger partial charge in [0.2, 0.25) is 5.91 Å². The molecule has 7 heteroatoms. The molecule has 0 saturated heterocycles. The summed E-state index contributed by atoms with van der Waals surface area (Å²) < 4.78 is 28.3. The lowest BCUT2D eigenvalue weighted by Crippen LogP contribution is -2.47. The van der Waals surface area contributed by atoms with Crippen LogP contribution in [0.4, 0.5) is 14.5 Å². The van der Waals surface area contributed by atoms with Gasteiger partial charge in [-0.1, -0.05) is 18.5 Å². The van der Waals surface area contributed by atoms with Gasteiger partial charge in [0.1, 0.15) is 5.75 Å². The molecule has 19 heavy (non-hydrogen) atoms. The van der Waals surface area contributed by atoms with Gasteiger partial charge in [0.25, 0.3) is 0 Å². The minimum Gasteiger partial charge on any atom is -0.433 e. The first-order valence-electron chi connectivity index (χ1n) is 5.61. The van der Waals surface area contributed by atoms with E-state index in [0.29, 0.717) is 12.1 Å². The average molecular weight is 293 g/mol. The molecule has 0 aliphatic rings. The summed E-state index contributed by atoms with van der Waals surface area (Å²) >= 11 is 5.76. The van der Waals surface area contributed by atoms with Crippen LogP contribution in [0.15, 0.2) is 18.2 Å². The first-order chi connectivity index (χ1) is 8.76. The second kappa shape index (κ2) is 6.16. The molecule has 0 saturated carbocycles. The first kappa shape index (κ1) is 15.7. The average Bonchev–Trinajstić information content (AvgIpc) is 2.32. The Balaban J connectivity index is 2.82. The fourth-order valence-electron chi connectivity index (χ4n) is 1.20. The summed E-state index contributed by atoms with van der Waals surface area (Å²) in [6.07, 6.45) is 0.457. The number of hydrogen-bond acceptors (Lipinski definition) is 3. The summed E-state index contributed by atoms with van der Waals surface area (Å²) in [7, 11) is 0. The standard InChI is InChI=1S/C12H15ClF2N2O2/c1-3-12(2,16)10(18)17-7-4-5-9(8(13)6-7)19-11(14)15/h4-6,11H,3,16H2,1-2H3,(H,17,18). The van der Waals surface area contributed by atoms with E-state index in [1.54, 1.807) is 13.8 Å². The number of alkyl halides is 2. The van der Waals surface area contributed by atoms with Gasteiger partial charge in [-0.25, -0.2) is 0 Å². The number of amides is 1. The van der Waals surface area contributed by atoms with Crippen molar-refractivity contribution in [1.29, 1.82) is 0 Å². The van der Waals surface area contributed by atoms with Crippen molar-refractivity contribution in [3.63, 3.8) is 0 Å². The number of hydrogen-bond donors (Lipinski definition) is 2. The van der Waals surface area contributed by atoms with Gasteiger partial charge in [0.05, 0.1) is 10.6 Å². The number of rotatable bonds is 5. The van der Waals surface area contributed by atoms with Crippen LogP contribution < -0.4 is 15.8 Å². The molecule has 3 N–H and O–H groups in total. The SMILES string of the molecule is CCC(C)(N)C(=O)Nc1ccc(OC(F)F)c(Cl)c1. The molecule has 0 bridgehead atoms. The van der Waals surface area contributed by atoms with E-state index in [0.717, 1.165) is 0 Å². The van der Waals surface area contributed by atoms with Crippen LogP contribution in [0, 0.1) is 0 Å². The van der Waals surface area contributed by atoms with Gasteiger partial charge in [0, 0.05) is 5.69 Å². The molecule has 0 fully saturated rings. The molecule has 1 atom stereocenters. The minimum atomic E-state index is -2.95. The highest BCUT2D eigenvalue weighted by molar-refractivity contribution is 6.32. The molecule has 0 radical (unpaired) electrons. The molecule has 0 heterocycles. The Morgan fingerprint density at radius 3 is 2.68 bits per heavy atom. The molecule has 0 aliphatic heterocycles. The molecule has 1 rings (SSSR count). The Morgan fingerprint density at radius 1 is 1.58 bits per heavy atom. The summed E-state index contributed by atoms with van der Waals surface area (Å²) in [6.45, 7) is 0.426.